The molecule has 1 aromatic carbocycles. The molecule has 0 heterocycles. The highest BCUT2D eigenvalue weighted by molar-refractivity contribution is 5.84. The Labute approximate surface area is 113 Å². The van der Waals surface area contributed by atoms with Crippen molar-refractivity contribution in [1.82, 2.24) is 4.90 Å². The molecule has 0 spiro atoms. The molecule has 19 heavy (non-hydrogen) atoms. The van der Waals surface area contributed by atoms with Crippen LogP contribution in [-0.2, 0) is 4.79 Å². The van der Waals surface area contributed by atoms with Gasteiger partial charge in [-0.15, -0.1) is 0 Å². The molecule has 0 bridgehead atoms. The topological polar surface area (TPSA) is 78.9 Å². The number of nitrogens with two attached hydrogens (primary N) is 1. The second-order valence-corrected chi connectivity index (χ2v) is 4.47. The lowest BCUT2D eigenvalue weighted by Crippen LogP contribution is -2.34. The Kier molecular flexibility index (Phi) is 5.85. The van der Waals surface area contributed by atoms with Crippen molar-refractivity contribution in [2.75, 3.05) is 13.6 Å². The zero-order chi connectivity index (χ0) is 14.3. The summed E-state index contributed by atoms with van der Waals surface area (Å²) in [6, 6.07) is 9.72. The van der Waals surface area contributed by atoms with Crippen LogP contribution in [0.15, 0.2) is 35.5 Å². The third kappa shape index (κ3) is 4.28. The van der Waals surface area contributed by atoms with E-state index in [1.807, 2.05) is 37.3 Å². The van der Waals surface area contributed by atoms with Crippen molar-refractivity contribution in [3.63, 3.8) is 0 Å². The van der Waals surface area contributed by atoms with Gasteiger partial charge in [0.05, 0.1) is 5.92 Å². The summed E-state index contributed by atoms with van der Waals surface area (Å²) in [6.45, 7) is 2.44. The summed E-state index contributed by atoms with van der Waals surface area (Å²) in [5, 5.41) is 11.4. The van der Waals surface area contributed by atoms with Crippen molar-refractivity contribution in [2.45, 2.75) is 25.7 Å². The van der Waals surface area contributed by atoms with Crippen LogP contribution in [0.5, 0.6) is 0 Å². The van der Waals surface area contributed by atoms with E-state index in [2.05, 4.69) is 5.16 Å². The van der Waals surface area contributed by atoms with Crippen molar-refractivity contribution < 1.29 is 10.0 Å². The maximum Gasteiger partial charge on any atom is 0.229 e. The lowest BCUT2D eigenvalue weighted by Gasteiger charge is -2.23. The average Bonchev–Trinajstić information content (AvgIpc) is 2.46. The van der Waals surface area contributed by atoms with Crippen molar-refractivity contribution in [2.24, 2.45) is 10.9 Å². The predicted molar refractivity (Wildman–Crippen MR) is 75.1 cm³/mol. The minimum atomic E-state index is -0.140. The van der Waals surface area contributed by atoms with E-state index < -0.39 is 0 Å². The molecule has 0 saturated heterocycles. The van der Waals surface area contributed by atoms with Gasteiger partial charge in [0.2, 0.25) is 5.91 Å². The third-order valence-corrected chi connectivity index (χ3v) is 3.12. The van der Waals surface area contributed by atoms with Gasteiger partial charge < -0.3 is 15.8 Å². The fourth-order valence-electron chi connectivity index (χ4n) is 1.95. The highest BCUT2D eigenvalue weighted by Gasteiger charge is 2.21. The third-order valence-electron chi connectivity index (χ3n) is 3.12. The second kappa shape index (κ2) is 7.41. The molecule has 5 nitrogen and oxygen atoms in total. The normalized spacial score (nSPS) is 13.1. The van der Waals surface area contributed by atoms with Crippen LogP contribution in [0.1, 0.15) is 31.2 Å². The molecule has 3 N–H and O–H groups in total. The summed E-state index contributed by atoms with van der Waals surface area (Å²) >= 11 is 0. The number of benzene rings is 1. The number of oxime groups is 1. The first-order valence-corrected chi connectivity index (χ1v) is 6.36. The SMILES string of the molecule is CCC(C(=O)N(C)CC/C(N)=N/O)c1ccccc1. The molecule has 0 aliphatic carbocycles. The van der Waals surface area contributed by atoms with Gasteiger partial charge in [0.15, 0.2) is 0 Å². The van der Waals surface area contributed by atoms with E-state index in [9.17, 15) is 4.79 Å². The Balaban J connectivity index is 2.68. The number of hydrogen-bond acceptors (Lipinski definition) is 3. The van der Waals surface area contributed by atoms with Crippen molar-refractivity contribution in [1.29, 1.82) is 0 Å². The van der Waals surface area contributed by atoms with Gasteiger partial charge in [-0.2, -0.15) is 0 Å². The molecule has 1 atom stereocenters. The van der Waals surface area contributed by atoms with Crippen molar-refractivity contribution in [3.8, 4) is 0 Å². The van der Waals surface area contributed by atoms with Crippen LogP contribution >= 0.6 is 0 Å². The van der Waals surface area contributed by atoms with Crippen LogP contribution in [0.3, 0.4) is 0 Å². The Hall–Kier alpha value is -2.04. The van der Waals surface area contributed by atoms with Gasteiger partial charge >= 0.3 is 0 Å². The zero-order valence-electron chi connectivity index (χ0n) is 11.4. The number of rotatable bonds is 6. The molecule has 0 aromatic heterocycles. The number of amides is 1. The summed E-state index contributed by atoms with van der Waals surface area (Å²) in [7, 11) is 1.73. The number of likely N-dealkylation sites (N-methyl/N-ethyl adjacent to an activating group) is 1. The molecule has 0 fully saturated rings. The monoisotopic (exact) mass is 263 g/mol. The molecule has 104 valence electrons. The van der Waals surface area contributed by atoms with Gasteiger partial charge in [-0.1, -0.05) is 42.4 Å². The van der Waals surface area contributed by atoms with Gasteiger partial charge in [0, 0.05) is 20.0 Å². The highest BCUT2D eigenvalue weighted by Crippen LogP contribution is 2.21. The molecular formula is C14H21N3O2. The van der Waals surface area contributed by atoms with Gasteiger partial charge in [-0.3, -0.25) is 4.79 Å². The quantitative estimate of drug-likeness (QED) is 0.355. The molecule has 1 rings (SSSR count). The lowest BCUT2D eigenvalue weighted by atomic mass is 9.95. The van der Waals surface area contributed by atoms with Gasteiger partial charge in [-0.05, 0) is 12.0 Å². The van der Waals surface area contributed by atoms with Crippen molar-refractivity contribution >= 4 is 11.7 Å². The average molecular weight is 263 g/mol. The summed E-state index contributed by atoms with van der Waals surface area (Å²) in [4.78, 5) is 14.0. The van der Waals surface area contributed by atoms with Crippen LogP contribution in [0, 0.1) is 0 Å². The van der Waals surface area contributed by atoms with E-state index in [1.165, 1.54) is 0 Å². The summed E-state index contributed by atoms with van der Waals surface area (Å²) in [5.74, 6) is 0.0466. The van der Waals surface area contributed by atoms with Crippen LogP contribution in [-0.4, -0.2) is 35.4 Å². The number of amidine groups is 1. The van der Waals surface area contributed by atoms with Gasteiger partial charge in [0.25, 0.3) is 0 Å². The Morgan fingerprint density at radius 1 is 1.42 bits per heavy atom. The largest absolute Gasteiger partial charge is 0.409 e. The van der Waals surface area contributed by atoms with Crippen LogP contribution in [0.4, 0.5) is 0 Å². The zero-order valence-corrected chi connectivity index (χ0v) is 11.4. The Morgan fingerprint density at radius 3 is 2.58 bits per heavy atom. The first-order chi connectivity index (χ1) is 9.10. The fourth-order valence-corrected chi connectivity index (χ4v) is 1.95. The van der Waals surface area contributed by atoms with E-state index in [-0.39, 0.29) is 17.7 Å². The maximum atomic E-state index is 12.4. The minimum Gasteiger partial charge on any atom is -0.409 e. The first-order valence-electron chi connectivity index (χ1n) is 6.36. The second-order valence-electron chi connectivity index (χ2n) is 4.47. The molecule has 1 aromatic rings. The van der Waals surface area contributed by atoms with E-state index in [1.54, 1.807) is 11.9 Å². The molecule has 0 aliphatic rings. The van der Waals surface area contributed by atoms with Crippen LogP contribution < -0.4 is 5.73 Å². The number of carbonyl (C=O) groups excluding carboxylic acids is 1. The van der Waals surface area contributed by atoms with E-state index >= 15 is 0 Å². The number of carbonyl (C=O) groups is 1. The van der Waals surface area contributed by atoms with Gasteiger partial charge in [-0.25, -0.2) is 0 Å². The standard InChI is InChI=1S/C14H21N3O2/c1-3-12(11-7-5-4-6-8-11)14(18)17(2)10-9-13(15)16-19/h4-8,12,19H,3,9-10H2,1-2H3,(H2,15,16). The molecular weight excluding hydrogens is 242 g/mol. The Morgan fingerprint density at radius 2 is 2.05 bits per heavy atom. The minimum absolute atomic E-state index is 0.0550. The molecule has 0 radical (unpaired) electrons. The van der Waals surface area contributed by atoms with E-state index in [0.29, 0.717) is 13.0 Å². The van der Waals surface area contributed by atoms with Crippen LogP contribution in [0.2, 0.25) is 0 Å². The summed E-state index contributed by atoms with van der Waals surface area (Å²) < 4.78 is 0. The first kappa shape index (κ1) is 15.0. The lowest BCUT2D eigenvalue weighted by molar-refractivity contribution is -0.131. The molecule has 0 saturated carbocycles. The number of hydrogen-bond donors (Lipinski definition) is 2. The van der Waals surface area contributed by atoms with Gasteiger partial charge in [0.1, 0.15) is 5.84 Å². The smallest absolute Gasteiger partial charge is 0.229 e. The van der Waals surface area contributed by atoms with E-state index in [0.717, 1.165) is 12.0 Å². The molecule has 1 amide bonds. The molecule has 5 heteroatoms. The number of nitrogens with zero attached hydrogens (tertiary/aromatic N) is 2. The highest BCUT2D eigenvalue weighted by atomic mass is 16.4. The fraction of sp³-hybridized carbons (Fsp3) is 0.429. The molecule has 0 aliphatic heterocycles. The summed E-state index contributed by atoms with van der Waals surface area (Å²) in [5.41, 5.74) is 6.42. The van der Waals surface area contributed by atoms with Crippen LogP contribution in [0.25, 0.3) is 0 Å². The summed E-state index contributed by atoms with van der Waals surface area (Å²) in [6.07, 6.45) is 1.11. The maximum absolute atomic E-state index is 12.4. The molecule has 1 unspecified atom stereocenters. The van der Waals surface area contributed by atoms with Crippen molar-refractivity contribution in [3.05, 3.63) is 35.9 Å². The Bertz CT molecular complexity index is 432. The predicted octanol–water partition coefficient (Wildman–Crippen LogP) is 1.78. The van der Waals surface area contributed by atoms with E-state index in [4.69, 9.17) is 10.9 Å².